The van der Waals surface area contributed by atoms with Gasteiger partial charge in [0.15, 0.2) is 0 Å². The van der Waals surface area contributed by atoms with Gasteiger partial charge in [-0.25, -0.2) is 0 Å². The third-order valence-electron chi connectivity index (χ3n) is 3.37. The summed E-state index contributed by atoms with van der Waals surface area (Å²) in [7, 11) is 0. The fourth-order valence-corrected chi connectivity index (χ4v) is 2.21. The van der Waals surface area contributed by atoms with Gasteiger partial charge in [0.05, 0.1) is 6.61 Å². The van der Waals surface area contributed by atoms with Crippen LogP contribution in [-0.2, 0) is 19.6 Å². The Labute approximate surface area is 119 Å². The van der Waals surface area contributed by atoms with Crippen LogP contribution < -0.4 is 5.32 Å². The number of benzene rings is 2. The van der Waals surface area contributed by atoms with E-state index in [1.54, 1.807) is 0 Å². The molecule has 3 nitrogen and oxygen atoms in total. The Morgan fingerprint density at radius 2 is 1.60 bits per heavy atom. The summed E-state index contributed by atoms with van der Waals surface area (Å²) in [5.74, 6) is -0.0739. The van der Waals surface area contributed by atoms with Gasteiger partial charge in [-0.15, -0.1) is 0 Å². The summed E-state index contributed by atoms with van der Waals surface area (Å²) in [6.45, 7) is 2.44. The van der Waals surface area contributed by atoms with Crippen molar-refractivity contribution in [2.75, 3.05) is 0 Å². The maximum atomic E-state index is 12.2. The number of carbonyl (C=O) groups is 1. The van der Waals surface area contributed by atoms with E-state index >= 15 is 0 Å². The Bertz CT molecular complexity index is 593. The Morgan fingerprint density at radius 3 is 2.25 bits per heavy atom. The van der Waals surface area contributed by atoms with Gasteiger partial charge < -0.3 is 10.4 Å². The second kappa shape index (κ2) is 6.87. The molecule has 20 heavy (non-hydrogen) atoms. The quantitative estimate of drug-likeness (QED) is 0.876. The highest BCUT2D eigenvalue weighted by atomic mass is 16.3. The van der Waals surface area contributed by atoms with Crippen LogP contribution in [0.4, 0.5) is 0 Å². The first-order valence-corrected chi connectivity index (χ1v) is 6.80. The molecule has 0 heterocycles. The van der Waals surface area contributed by atoms with Crippen LogP contribution in [0.15, 0.2) is 48.5 Å². The maximum Gasteiger partial charge on any atom is 0.251 e. The topological polar surface area (TPSA) is 49.3 Å². The molecule has 0 bridgehead atoms. The van der Waals surface area contributed by atoms with Crippen molar-refractivity contribution in [2.45, 2.75) is 26.5 Å². The molecule has 104 valence electrons. The molecule has 0 saturated heterocycles. The molecule has 0 aromatic heterocycles. The van der Waals surface area contributed by atoms with Crippen molar-refractivity contribution in [3.8, 4) is 0 Å². The summed E-state index contributed by atoms with van der Waals surface area (Å²) in [6, 6.07) is 15.2. The molecule has 2 rings (SSSR count). The number of hydrogen-bond acceptors (Lipinski definition) is 2. The maximum absolute atomic E-state index is 12.2. The number of aliphatic hydroxyl groups is 1. The Hall–Kier alpha value is -2.13. The van der Waals surface area contributed by atoms with Crippen molar-refractivity contribution >= 4 is 5.91 Å². The zero-order chi connectivity index (χ0) is 14.4. The van der Waals surface area contributed by atoms with Crippen molar-refractivity contribution < 1.29 is 9.90 Å². The Kier molecular flexibility index (Phi) is 4.91. The fourth-order valence-electron chi connectivity index (χ4n) is 2.21. The van der Waals surface area contributed by atoms with Gasteiger partial charge in [0, 0.05) is 12.1 Å². The molecule has 0 saturated carbocycles. The van der Waals surface area contributed by atoms with E-state index in [0.29, 0.717) is 6.54 Å². The molecule has 2 aromatic carbocycles. The molecule has 3 heteroatoms. The number of aryl methyl sites for hydroxylation is 1. The molecule has 2 N–H and O–H groups in total. The first-order valence-electron chi connectivity index (χ1n) is 6.80. The second-order valence-corrected chi connectivity index (χ2v) is 4.62. The summed E-state index contributed by atoms with van der Waals surface area (Å²) < 4.78 is 0. The van der Waals surface area contributed by atoms with Crippen molar-refractivity contribution in [2.24, 2.45) is 0 Å². The molecule has 0 unspecified atom stereocenters. The third kappa shape index (κ3) is 3.25. The van der Waals surface area contributed by atoms with E-state index in [4.69, 9.17) is 0 Å². The molecule has 0 atom stereocenters. The van der Waals surface area contributed by atoms with Crippen molar-refractivity contribution in [3.05, 3.63) is 70.8 Å². The number of rotatable bonds is 5. The lowest BCUT2D eigenvalue weighted by Crippen LogP contribution is -2.24. The smallest absolute Gasteiger partial charge is 0.251 e. The number of carbonyl (C=O) groups excluding carboxylic acids is 1. The third-order valence-corrected chi connectivity index (χ3v) is 3.37. The van der Waals surface area contributed by atoms with Crippen LogP contribution >= 0.6 is 0 Å². The lowest BCUT2D eigenvalue weighted by atomic mass is 10.0. The van der Waals surface area contributed by atoms with Gasteiger partial charge in [-0.3, -0.25) is 4.79 Å². The van der Waals surface area contributed by atoms with Crippen molar-refractivity contribution in [1.82, 2.24) is 5.32 Å². The molecule has 0 spiro atoms. The minimum absolute atomic E-state index is 0.0163. The van der Waals surface area contributed by atoms with Crippen LogP contribution in [-0.4, -0.2) is 11.0 Å². The van der Waals surface area contributed by atoms with E-state index < -0.39 is 0 Å². The molecule has 0 aliphatic carbocycles. The lowest BCUT2D eigenvalue weighted by molar-refractivity contribution is 0.0949. The number of nitrogens with one attached hydrogen (secondary N) is 1. The molecule has 1 amide bonds. The van der Waals surface area contributed by atoms with E-state index in [-0.39, 0.29) is 12.5 Å². The van der Waals surface area contributed by atoms with Gasteiger partial charge in [0.25, 0.3) is 5.91 Å². The van der Waals surface area contributed by atoms with Gasteiger partial charge in [0.1, 0.15) is 0 Å². The van der Waals surface area contributed by atoms with Gasteiger partial charge in [0.2, 0.25) is 0 Å². The highest BCUT2D eigenvalue weighted by Crippen LogP contribution is 2.11. The van der Waals surface area contributed by atoms with Gasteiger partial charge >= 0.3 is 0 Å². The average molecular weight is 269 g/mol. The summed E-state index contributed by atoms with van der Waals surface area (Å²) >= 11 is 0. The minimum Gasteiger partial charge on any atom is -0.392 e. The largest absolute Gasteiger partial charge is 0.392 e. The molecule has 0 aliphatic heterocycles. The monoisotopic (exact) mass is 269 g/mol. The van der Waals surface area contributed by atoms with E-state index in [1.165, 1.54) is 0 Å². The van der Waals surface area contributed by atoms with E-state index in [9.17, 15) is 9.90 Å². The predicted molar refractivity (Wildman–Crippen MR) is 79.4 cm³/mol. The highest BCUT2D eigenvalue weighted by Gasteiger charge is 2.10. The van der Waals surface area contributed by atoms with E-state index in [1.807, 2.05) is 55.5 Å². The first-order chi connectivity index (χ1) is 9.76. The molecule has 2 aromatic rings. The van der Waals surface area contributed by atoms with Crippen molar-refractivity contribution in [3.63, 3.8) is 0 Å². The predicted octanol–water partition coefficient (Wildman–Crippen LogP) is 2.67. The van der Waals surface area contributed by atoms with E-state index in [2.05, 4.69) is 5.32 Å². The number of hydrogen-bond donors (Lipinski definition) is 2. The van der Waals surface area contributed by atoms with Crippen LogP contribution in [0.2, 0.25) is 0 Å². The van der Waals surface area contributed by atoms with Gasteiger partial charge in [-0.2, -0.15) is 0 Å². The molecule has 0 aliphatic rings. The highest BCUT2D eigenvalue weighted by molar-refractivity contribution is 5.95. The normalized spacial score (nSPS) is 10.3. The Balaban J connectivity index is 2.09. The van der Waals surface area contributed by atoms with Crippen LogP contribution in [0.5, 0.6) is 0 Å². The SMILES string of the molecule is CCc1ccccc1C(=O)NCc1ccccc1CO. The zero-order valence-corrected chi connectivity index (χ0v) is 11.6. The van der Waals surface area contributed by atoms with Gasteiger partial charge in [-0.1, -0.05) is 49.4 Å². The van der Waals surface area contributed by atoms with Crippen LogP contribution in [0.1, 0.15) is 34.0 Å². The Morgan fingerprint density at radius 1 is 1.00 bits per heavy atom. The molecule has 0 fully saturated rings. The molecule has 0 radical (unpaired) electrons. The van der Waals surface area contributed by atoms with E-state index in [0.717, 1.165) is 28.7 Å². The standard InChI is InChI=1S/C17H19NO2/c1-2-13-7-5-6-10-16(13)17(20)18-11-14-8-3-4-9-15(14)12-19/h3-10,19H,2,11-12H2,1H3,(H,18,20). The van der Waals surface area contributed by atoms with Crippen LogP contribution in [0, 0.1) is 0 Å². The summed E-state index contributed by atoms with van der Waals surface area (Å²) in [5, 5.41) is 12.2. The number of amides is 1. The average Bonchev–Trinajstić information content (AvgIpc) is 2.52. The minimum atomic E-state index is -0.0739. The fraction of sp³-hybridized carbons (Fsp3) is 0.235. The number of aliphatic hydroxyl groups excluding tert-OH is 1. The van der Waals surface area contributed by atoms with Gasteiger partial charge in [-0.05, 0) is 29.2 Å². The van der Waals surface area contributed by atoms with Crippen LogP contribution in [0.3, 0.4) is 0 Å². The summed E-state index contributed by atoms with van der Waals surface area (Å²) in [4.78, 5) is 12.2. The zero-order valence-electron chi connectivity index (χ0n) is 11.6. The van der Waals surface area contributed by atoms with Crippen molar-refractivity contribution in [1.29, 1.82) is 0 Å². The summed E-state index contributed by atoms with van der Waals surface area (Å²) in [6.07, 6.45) is 0.830. The second-order valence-electron chi connectivity index (χ2n) is 4.62. The molecular formula is C17H19NO2. The lowest BCUT2D eigenvalue weighted by Gasteiger charge is -2.11. The van der Waals surface area contributed by atoms with Crippen LogP contribution in [0.25, 0.3) is 0 Å². The summed E-state index contributed by atoms with van der Waals surface area (Å²) in [5.41, 5.74) is 3.55. The molecular weight excluding hydrogens is 250 g/mol. The first kappa shape index (κ1) is 14.3.